The number of aromatic nitrogens is 3. The summed E-state index contributed by atoms with van der Waals surface area (Å²) < 4.78 is 22.7. The van der Waals surface area contributed by atoms with Crippen molar-refractivity contribution in [2.75, 3.05) is 51.0 Å². The molecule has 0 atom stereocenters. The Balaban J connectivity index is 1.35. The topological polar surface area (TPSA) is 95.9 Å². The summed E-state index contributed by atoms with van der Waals surface area (Å²) in [6, 6.07) is 10.9. The molecule has 3 fully saturated rings. The van der Waals surface area contributed by atoms with Gasteiger partial charge in [0.25, 0.3) is 0 Å². The van der Waals surface area contributed by atoms with Crippen molar-refractivity contribution < 1.29 is 19.1 Å². The Hall–Kier alpha value is -3.60. The number of phenolic OH excluding ortho intramolecular Hbond substituents is 1. The maximum absolute atomic E-state index is 16.4. The van der Waals surface area contributed by atoms with Gasteiger partial charge in [-0.15, -0.1) is 0 Å². The van der Waals surface area contributed by atoms with E-state index in [1.54, 1.807) is 17.3 Å². The monoisotopic (exact) mass is 530 g/mol. The van der Waals surface area contributed by atoms with Crippen molar-refractivity contribution in [1.82, 2.24) is 25.2 Å². The zero-order chi connectivity index (χ0) is 26.4. The van der Waals surface area contributed by atoms with Crippen LogP contribution in [0, 0.1) is 5.82 Å². The Morgan fingerprint density at radius 2 is 1.90 bits per heavy atom. The third kappa shape index (κ3) is 4.32. The van der Waals surface area contributed by atoms with Crippen molar-refractivity contribution in [2.45, 2.75) is 31.2 Å². The number of hydrogen-bond donors (Lipinski definition) is 2. The molecule has 0 bridgehead atoms. The van der Waals surface area contributed by atoms with Gasteiger partial charge in [-0.3, -0.25) is 14.7 Å². The largest absolute Gasteiger partial charge is 0.508 e. The number of hydrogen-bond acceptors (Lipinski definition) is 9. The molecule has 0 radical (unpaired) electrons. The molecule has 202 valence electrons. The molecule has 7 rings (SSSR count). The Morgan fingerprint density at radius 3 is 2.77 bits per heavy atom. The van der Waals surface area contributed by atoms with Gasteiger partial charge in [-0.1, -0.05) is 24.3 Å². The van der Waals surface area contributed by atoms with Crippen molar-refractivity contribution in [3.63, 3.8) is 0 Å². The van der Waals surface area contributed by atoms with E-state index in [1.165, 1.54) is 6.07 Å². The third-order valence-corrected chi connectivity index (χ3v) is 8.28. The van der Waals surface area contributed by atoms with Gasteiger partial charge in [0.05, 0.1) is 24.1 Å². The van der Waals surface area contributed by atoms with Crippen molar-refractivity contribution in [3.05, 3.63) is 48.4 Å². The quantitative estimate of drug-likeness (QED) is 0.396. The number of phenols is 1. The van der Waals surface area contributed by atoms with Crippen molar-refractivity contribution in [3.8, 4) is 23.0 Å². The van der Waals surface area contributed by atoms with E-state index in [-0.39, 0.29) is 28.5 Å². The first-order chi connectivity index (χ1) is 19.1. The predicted octanol–water partition coefficient (Wildman–Crippen LogP) is 4.04. The second-order valence-electron chi connectivity index (χ2n) is 10.6. The van der Waals surface area contributed by atoms with Gasteiger partial charge in [0.15, 0.2) is 11.6 Å². The molecular weight excluding hydrogens is 499 g/mol. The van der Waals surface area contributed by atoms with Crippen LogP contribution in [0.25, 0.3) is 32.9 Å². The highest BCUT2D eigenvalue weighted by molar-refractivity contribution is 5.99. The van der Waals surface area contributed by atoms with Crippen molar-refractivity contribution in [1.29, 1.82) is 0 Å². The van der Waals surface area contributed by atoms with Crippen LogP contribution in [0.3, 0.4) is 0 Å². The molecule has 39 heavy (non-hydrogen) atoms. The van der Waals surface area contributed by atoms with Crippen molar-refractivity contribution >= 4 is 27.5 Å². The maximum atomic E-state index is 16.4. The van der Waals surface area contributed by atoms with Crippen LogP contribution < -0.4 is 15.1 Å². The Morgan fingerprint density at radius 1 is 1.05 bits per heavy atom. The Kier molecular flexibility index (Phi) is 6.18. The lowest BCUT2D eigenvalue weighted by Crippen LogP contribution is -2.43. The molecule has 2 aromatic carbocycles. The fourth-order valence-corrected chi connectivity index (χ4v) is 6.38. The Labute approximate surface area is 225 Å². The minimum Gasteiger partial charge on any atom is -0.508 e. The summed E-state index contributed by atoms with van der Waals surface area (Å²) in [5.41, 5.74) is 0.721. The normalized spacial score (nSPS) is 19.5. The van der Waals surface area contributed by atoms with E-state index < -0.39 is 5.82 Å². The SMILES string of the molecule is Oc1cc(-c2ncc3c(N4CCNCCO4)nc(OCC45CCCN4CCC5)nc3c2F)c2ccccc2c1. The van der Waals surface area contributed by atoms with Gasteiger partial charge in [-0.25, -0.2) is 9.45 Å². The molecule has 3 aliphatic rings. The maximum Gasteiger partial charge on any atom is 0.319 e. The summed E-state index contributed by atoms with van der Waals surface area (Å²) in [6.45, 7) is 5.04. The molecule has 0 unspecified atom stereocenters. The molecule has 10 heteroatoms. The van der Waals surface area contributed by atoms with E-state index in [2.05, 4.69) is 20.2 Å². The lowest BCUT2D eigenvalue weighted by atomic mass is 9.95. The summed E-state index contributed by atoms with van der Waals surface area (Å²) in [4.78, 5) is 22.3. The third-order valence-electron chi connectivity index (χ3n) is 8.28. The van der Waals surface area contributed by atoms with Gasteiger partial charge in [0.1, 0.15) is 23.6 Å². The highest BCUT2D eigenvalue weighted by Crippen LogP contribution is 2.40. The molecule has 4 aromatic rings. The number of benzene rings is 2. The lowest BCUT2D eigenvalue weighted by molar-refractivity contribution is 0.106. The molecule has 2 aromatic heterocycles. The first kappa shape index (κ1) is 24.4. The number of nitrogens with one attached hydrogen (secondary N) is 1. The summed E-state index contributed by atoms with van der Waals surface area (Å²) >= 11 is 0. The number of ether oxygens (including phenoxy) is 1. The average Bonchev–Trinajstić information content (AvgIpc) is 3.41. The van der Waals surface area contributed by atoms with Crippen LogP contribution in [0.15, 0.2) is 42.6 Å². The summed E-state index contributed by atoms with van der Waals surface area (Å²) in [5.74, 6) is -0.115. The van der Waals surface area contributed by atoms with Gasteiger partial charge < -0.3 is 15.2 Å². The number of aromatic hydroxyl groups is 1. The predicted molar refractivity (Wildman–Crippen MR) is 146 cm³/mol. The van der Waals surface area contributed by atoms with Gasteiger partial charge in [-0.05, 0) is 61.7 Å². The van der Waals surface area contributed by atoms with Crippen LogP contribution in [-0.4, -0.2) is 76.4 Å². The molecule has 0 aliphatic carbocycles. The van der Waals surface area contributed by atoms with E-state index in [9.17, 15) is 5.11 Å². The minimum atomic E-state index is -0.591. The standard InChI is InChI=1S/C29H31FN6O3/c30-24-25(22-16-20(37)15-19-5-1-2-6-21(19)22)32-17-23-26(24)33-28(34-27(23)36-13-9-31-10-14-39-36)38-18-29-7-3-11-35(29)12-4-8-29/h1-2,5-6,15-17,31,37H,3-4,7-14,18H2. The smallest absolute Gasteiger partial charge is 0.319 e. The number of pyridine rings is 1. The van der Waals surface area contributed by atoms with Crippen molar-refractivity contribution in [2.24, 2.45) is 0 Å². The molecule has 0 saturated carbocycles. The van der Waals surface area contributed by atoms with Crippen LogP contribution in [0.2, 0.25) is 0 Å². The van der Waals surface area contributed by atoms with Crippen LogP contribution in [0.5, 0.6) is 11.8 Å². The molecule has 0 amide bonds. The van der Waals surface area contributed by atoms with E-state index >= 15 is 4.39 Å². The number of nitrogens with zero attached hydrogens (tertiary/aromatic N) is 5. The second kappa shape index (κ2) is 9.86. The number of hydroxylamine groups is 1. The number of halogens is 1. The van der Waals surface area contributed by atoms with Crippen LogP contribution in [0.4, 0.5) is 10.2 Å². The van der Waals surface area contributed by atoms with Gasteiger partial charge in [-0.2, -0.15) is 9.97 Å². The van der Waals surface area contributed by atoms with Crippen LogP contribution in [-0.2, 0) is 4.84 Å². The van der Waals surface area contributed by atoms with Gasteiger partial charge in [0.2, 0.25) is 0 Å². The zero-order valence-electron chi connectivity index (χ0n) is 21.7. The molecule has 9 nitrogen and oxygen atoms in total. The van der Waals surface area contributed by atoms with E-state index in [4.69, 9.17) is 14.6 Å². The summed E-state index contributed by atoms with van der Waals surface area (Å²) in [5, 5.41) is 17.4. The second-order valence-corrected chi connectivity index (χ2v) is 10.6. The van der Waals surface area contributed by atoms with Gasteiger partial charge in [0, 0.05) is 24.8 Å². The Bertz CT molecular complexity index is 1530. The fraction of sp³-hybridized carbons (Fsp3) is 0.414. The first-order valence-electron chi connectivity index (χ1n) is 13.7. The molecule has 2 N–H and O–H groups in total. The van der Waals surface area contributed by atoms with Gasteiger partial charge >= 0.3 is 6.01 Å². The first-order valence-corrected chi connectivity index (χ1v) is 13.7. The lowest BCUT2D eigenvalue weighted by Gasteiger charge is -2.31. The zero-order valence-corrected chi connectivity index (χ0v) is 21.7. The molecule has 0 spiro atoms. The molecular formula is C29H31FN6O3. The van der Waals surface area contributed by atoms with E-state index in [1.807, 2.05) is 24.3 Å². The summed E-state index contributed by atoms with van der Waals surface area (Å²) in [7, 11) is 0. The molecule has 3 saturated heterocycles. The molecule has 5 heterocycles. The highest BCUT2D eigenvalue weighted by atomic mass is 19.1. The fourth-order valence-electron chi connectivity index (χ4n) is 6.38. The number of anilines is 1. The molecule has 3 aliphatic heterocycles. The van der Waals surface area contributed by atoms with Crippen LogP contribution in [0.1, 0.15) is 25.7 Å². The number of fused-ring (bicyclic) bond motifs is 3. The minimum absolute atomic E-state index is 0.00390. The summed E-state index contributed by atoms with van der Waals surface area (Å²) in [6.07, 6.45) is 6.07. The highest BCUT2D eigenvalue weighted by Gasteiger charge is 2.45. The van der Waals surface area contributed by atoms with E-state index in [0.717, 1.165) is 49.5 Å². The van der Waals surface area contributed by atoms with E-state index in [0.29, 0.717) is 49.6 Å². The number of rotatable bonds is 5. The average molecular weight is 531 g/mol. The van der Waals surface area contributed by atoms with Crippen LogP contribution >= 0.6 is 0 Å².